The maximum atomic E-state index is 12.3. The van der Waals surface area contributed by atoms with Crippen molar-refractivity contribution in [3.8, 4) is 5.69 Å². The van der Waals surface area contributed by atoms with Crippen LogP contribution in [0, 0.1) is 0 Å². The van der Waals surface area contributed by atoms with Crippen LogP contribution in [-0.2, 0) is 4.74 Å². The van der Waals surface area contributed by atoms with E-state index < -0.39 is 5.60 Å². The molecule has 1 aromatic carbocycles. The summed E-state index contributed by atoms with van der Waals surface area (Å²) in [6, 6.07) is 9.31. The van der Waals surface area contributed by atoms with E-state index >= 15 is 0 Å². The molecule has 4 rings (SSSR count). The van der Waals surface area contributed by atoms with Crippen LogP contribution in [0.25, 0.3) is 5.69 Å². The number of piperidine rings is 1. The van der Waals surface area contributed by atoms with Crippen LogP contribution < -0.4 is 15.5 Å². The molecule has 1 unspecified atom stereocenters. The zero-order valence-corrected chi connectivity index (χ0v) is 19.5. The van der Waals surface area contributed by atoms with Gasteiger partial charge in [0.05, 0.1) is 5.69 Å². The van der Waals surface area contributed by atoms with Gasteiger partial charge >= 0.3 is 6.09 Å². The predicted molar refractivity (Wildman–Crippen MR) is 125 cm³/mol. The minimum Gasteiger partial charge on any atom is -0.444 e. The molecule has 32 heavy (non-hydrogen) atoms. The molecule has 2 aliphatic rings. The summed E-state index contributed by atoms with van der Waals surface area (Å²) in [5, 5.41) is 11.2. The number of amides is 1. The van der Waals surface area contributed by atoms with Gasteiger partial charge in [0, 0.05) is 36.9 Å². The molecule has 1 aliphatic heterocycles. The number of alkyl carbamates (subject to hydrolysis) is 1. The molecular formula is C24H36N6O2. The third-order valence-electron chi connectivity index (χ3n) is 6.24. The summed E-state index contributed by atoms with van der Waals surface area (Å²) in [7, 11) is 0. The highest BCUT2D eigenvalue weighted by atomic mass is 16.6. The molecule has 2 N–H and O–H groups in total. The van der Waals surface area contributed by atoms with Crippen LogP contribution in [-0.4, -0.2) is 57.7 Å². The quantitative estimate of drug-likeness (QED) is 0.738. The maximum Gasteiger partial charge on any atom is 0.407 e. The van der Waals surface area contributed by atoms with E-state index in [1.807, 2.05) is 20.8 Å². The normalized spacial score (nSPS) is 24.2. The van der Waals surface area contributed by atoms with Crippen molar-refractivity contribution in [3.63, 3.8) is 0 Å². The highest BCUT2D eigenvalue weighted by Crippen LogP contribution is 2.24. The molecule has 0 bridgehead atoms. The van der Waals surface area contributed by atoms with Crippen molar-refractivity contribution in [2.75, 3.05) is 18.0 Å². The molecule has 8 heteroatoms. The summed E-state index contributed by atoms with van der Waals surface area (Å²) in [4.78, 5) is 18.8. The van der Waals surface area contributed by atoms with Gasteiger partial charge in [0.2, 0.25) is 0 Å². The number of carbonyl (C=O) groups is 1. The lowest BCUT2D eigenvalue weighted by atomic mass is 9.89. The third kappa shape index (κ3) is 6.00. The SMILES string of the molecule is CC(C)(C)OC(=O)N[C@@H]1CCCC[C@H]1NC1CCCN(c2ccc(-n3cncn3)cc2)C1. The van der Waals surface area contributed by atoms with E-state index in [-0.39, 0.29) is 18.2 Å². The van der Waals surface area contributed by atoms with Crippen LogP contribution in [0.3, 0.4) is 0 Å². The molecule has 1 aliphatic carbocycles. The molecule has 3 atom stereocenters. The number of nitrogens with one attached hydrogen (secondary N) is 2. The molecule has 2 aromatic rings. The van der Waals surface area contributed by atoms with Crippen molar-refractivity contribution in [2.24, 2.45) is 0 Å². The summed E-state index contributed by atoms with van der Waals surface area (Å²) < 4.78 is 7.26. The van der Waals surface area contributed by atoms with Gasteiger partial charge in [-0.15, -0.1) is 0 Å². The van der Waals surface area contributed by atoms with Crippen LogP contribution in [0.1, 0.15) is 59.3 Å². The Morgan fingerprint density at radius 1 is 1.03 bits per heavy atom. The van der Waals surface area contributed by atoms with Crippen LogP contribution >= 0.6 is 0 Å². The van der Waals surface area contributed by atoms with Crippen LogP contribution in [0.4, 0.5) is 10.5 Å². The fourth-order valence-electron chi connectivity index (χ4n) is 4.77. The molecule has 2 heterocycles. The average Bonchev–Trinajstić information content (AvgIpc) is 3.29. The lowest BCUT2D eigenvalue weighted by molar-refractivity contribution is 0.0476. The Bertz CT molecular complexity index is 862. The summed E-state index contributed by atoms with van der Waals surface area (Å²) in [6.07, 6.45) is 9.68. The minimum atomic E-state index is -0.477. The van der Waals surface area contributed by atoms with Crippen LogP contribution in [0.5, 0.6) is 0 Å². The highest BCUT2D eigenvalue weighted by Gasteiger charge is 2.31. The molecule has 174 valence electrons. The monoisotopic (exact) mass is 440 g/mol. The first-order chi connectivity index (χ1) is 15.4. The maximum absolute atomic E-state index is 12.3. The second-order valence-corrected chi connectivity index (χ2v) is 9.95. The van der Waals surface area contributed by atoms with E-state index in [4.69, 9.17) is 4.74 Å². The van der Waals surface area contributed by atoms with Gasteiger partial charge in [0.25, 0.3) is 0 Å². The van der Waals surface area contributed by atoms with E-state index in [0.717, 1.165) is 50.9 Å². The van der Waals surface area contributed by atoms with E-state index in [1.54, 1.807) is 17.3 Å². The first-order valence-corrected chi connectivity index (χ1v) is 11.8. The minimum absolute atomic E-state index is 0.121. The Kier molecular flexibility index (Phi) is 6.98. The van der Waals surface area contributed by atoms with E-state index in [0.29, 0.717) is 6.04 Å². The molecule has 1 saturated carbocycles. The number of benzene rings is 1. The Balaban J connectivity index is 1.34. The molecule has 1 saturated heterocycles. The zero-order valence-electron chi connectivity index (χ0n) is 19.5. The second kappa shape index (κ2) is 9.90. The fourth-order valence-corrected chi connectivity index (χ4v) is 4.77. The van der Waals surface area contributed by atoms with Crippen molar-refractivity contribution in [2.45, 2.75) is 83.0 Å². The van der Waals surface area contributed by atoms with Gasteiger partial charge in [0.1, 0.15) is 18.3 Å². The summed E-state index contributed by atoms with van der Waals surface area (Å²) in [5.41, 5.74) is 1.76. The molecular weight excluding hydrogens is 404 g/mol. The zero-order chi connectivity index (χ0) is 22.6. The fraction of sp³-hybridized carbons (Fsp3) is 0.625. The average molecular weight is 441 g/mol. The van der Waals surface area contributed by atoms with Crippen LogP contribution in [0.2, 0.25) is 0 Å². The number of aromatic nitrogens is 3. The smallest absolute Gasteiger partial charge is 0.407 e. The number of ether oxygens (including phenoxy) is 1. The van der Waals surface area contributed by atoms with E-state index in [1.165, 1.54) is 12.1 Å². The van der Waals surface area contributed by atoms with Crippen molar-refractivity contribution >= 4 is 11.8 Å². The first kappa shape index (κ1) is 22.6. The van der Waals surface area contributed by atoms with Crippen molar-refractivity contribution in [3.05, 3.63) is 36.9 Å². The van der Waals surface area contributed by atoms with Gasteiger partial charge in [0.15, 0.2) is 0 Å². The van der Waals surface area contributed by atoms with Crippen molar-refractivity contribution < 1.29 is 9.53 Å². The highest BCUT2D eigenvalue weighted by molar-refractivity contribution is 5.68. The number of rotatable bonds is 5. The topological polar surface area (TPSA) is 84.3 Å². The van der Waals surface area contributed by atoms with E-state index in [9.17, 15) is 4.79 Å². The van der Waals surface area contributed by atoms with Crippen molar-refractivity contribution in [1.82, 2.24) is 25.4 Å². The van der Waals surface area contributed by atoms with Gasteiger partial charge in [-0.05, 0) is 70.7 Å². The summed E-state index contributed by atoms with van der Waals surface area (Å²) >= 11 is 0. The van der Waals surface area contributed by atoms with Gasteiger partial charge in [-0.1, -0.05) is 12.8 Å². The van der Waals surface area contributed by atoms with Gasteiger partial charge in [-0.2, -0.15) is 5.10 Å². The Hall–Kier alpha value is -2.61. The number of nitrogens with zero attached hydrogens (tertiary/aromatic N) is 4. The first-order valence-electron chi connectivity index (χ1n) is 11.8. The number of carbonyl (C=O) groups excluding carboxylic acids is 1. The lowest BCUT2D eigenvalue weighted by Crippen LogP contribution is -2.57. The lowest BCUT2D eigenvalue weighted by Gasteiger charge is -2.40. The molecule has 1 amide bonds. The Morgan fingerprint density at radius 3 is 2.44 bits per heavy atom. The summed E-state index contributed by atoms with van der Waals surface area (Å²) in [6.45, 7) is 7.73. The molecule has 0 radical (unpaired) electrons. The Morgan fingerprint density at radius 2 is 1.75 bits per heavy atom. The van der Waals surface area contributed by atoms with E-state index in [2.05, 4.69) is 49.9 Å². The predicted octanol–water partition coefficient (Wildman–Crippen LogP) is 3.66. The van der Waals surface area contributed by atoms with Gasteiger partial charge in [-0.3, -0.25) is 0 Å². The van der Waals surface area contributed by atoms with Crippen molar-refractivity contribution in [1.29, 1.82) is 0 Å². The number of hydrogen-bond acceptors (Lipinski definition) is 6. The van der Waals surface area contributed by atoms with Gasteiger partial charge in [-0.25, -0.2) is 14.5 Å². The standard InChI is InChI=1S/C24H36N6O2/c1-24(2,3)32-23(31)28-22-9-5-4-8-21(22)27-18-7-6-14-29(15-18)19-10-12-20(13-11-19)30-17-25-16-26-30/h10-13,16-18,21-22,27H,4-9,14-15H2,1-3H3,(H,28,31)/t18?,21-,22-/m1/s1. The van der Waals surface area contributed by atoms with Gasteiger partial charge < -0.3 is 20.3 Å². The third-order valence-corrected chi connectivity index (χ3v) is 6.24. The second-order valence-electron chi connectivity index (χ2n) is 9.95. The summed E-state index contributed by atoms with van der Waals surface area (Å²) in [5.74, 6) is 0. The molecule has 2 fully saturated rings. The number of anilines is 1. The Labute approximate surface area is 190 Å². The van der Waals surface area contributed by atoms with Crippen LogP contribution in [0.15, 0.2) is 36.9 Å². The largest absolute Gasteiger partial charge is 0.444 e. The molecule has 8 nitrogen and oxygen atoms in total. The molecule has 0 spiro atoms. The molecule has 1 aromatic heterocycles. The number of hydrogen-bond donors (Lipinski definition) is 2.